The molecule has 2 aromatic rings. The van der Waals surface area contributed by atoms with E-state index in [9.17, 15) is 13.6 Å². The van der Waals surface area contributed by atoms with Gasteiger partial charge in [-0.1, -0.05) is 45.8 Å². The summed E-state index contributed by atoms with van der Waals surface area (Å²) < 4.78 is 27.5. The third-order valence-electron chi connectivity index (χ3n) is 2.81. The summed E-state index contributed by atoms with van der Waals surface area (Å²) in [6.07, 6.45) is 0. The van der Waals surface area contributed by atoms with Crippen LogP contribution in [0.4, 0.5) is 8.78 Å². The van der Waals surface area contributed by atoms with Crippen LogP contribution in [-0.2, 0) is 6.54 Å². The van der Waals surface area contributed by atoms with Gasteiger partial charge in [0, 0.05) is 11.0 Å². The summed E-state index contributed by atoms with van der Waals surface area (Å²) >= 11 is 2.97. The quantitative estimate of drug-likeness (QED) is 0.900. The summed E-state index contributed by atoms with van der Waals surface area (Å²) in [5, 5.41) is 2.50. The molecule has 1 amide bonds. The zero-order valence-electron chi connectivity index (χ0n) is 10.7. The first-order chi connectivity index (χ1) is 9.47. The molecule has 0 bridgehead atoms. The number of benzene rings is 2. The van der Waals surface area contributed by atoms with Gasteiger partial charge in [0.25, 0.3) is 5.91 Å². The Hall–Kier alpha value is -1.75. The van der Waals surface area contributed by atoms with Crippen molar-refractivity contribution in [3.8, 4) is 0 Å². The van der Waals surface area contributed by atoms with Crippen LogP contribution in [0.2, 0.25) is 0 Å². The molecule has 1 N–H and O–H groups in total. The van der Waals surface area contributed by atoms with E-state index in [4.69, 9.17) is 0 Å². The maximum Gasteiger partial charge on any atom is 0.257 e. The van der Waals surface area contributed by atoms with Crippen molar-refractivity contribution in [3.05, 3.63) is 69.2 Å². The van der Waals surface area contributed by atoms with Crippen LogP contribution in [0.1, 0.15) is 21.5 Å². The molecule has 0 fully saturated rings. The summed E-state index contributed by atoms with van der Waals surface area (Å²) in [5.41, 5.74) is 1.40. The van der Waals surface area contributed by atoms with E-state index in [0.29, 0.717) is 0 Å². The van der Waals surface area contributed by atoms with Crippen molar-refractivity contribution in [2.45, 2.75) is 13.5 Å². The van der Waals surface area contributed by atoms with E-state index in [0.717, 1.165) is 23.3 Å². The van der Waals surface area contributed by atoms with Crippen LogP contribution in [0.25, 0.3) is 0 Å². The summed E-state index contributed by atoms with van der Waals surface area (Å²) in [6, 6.07) is 9.63. The van der Waals surface area contributed by atoms with E-state index < -0.39 is 23.1 Å². The number of rotatable bonds is 3. The summed E-state index contributed by atoms with van der Waals surface area (Å²) in [5.74, 6) is -2.55. The fourth-order valence-corrected chi connectivity index (χ4v) is 2.14. The normalized spacial score (nSPS) is 10.4. The Kier molecular flexibility index (Phi) is 4.49. The molecule has 20 heavy (non-hydrogen) atoms. The highest BCUT2D eigenvalue weighted by atomic mass is 79.9. The van der Waals surface area contributed by atoms with E-state index in [1.165, 1.54) is 0 Å². The average molecular weight is 340 g/mol. The lowest BCUT2D eigenvalue weighted by Gasteiger charge is -2.08. The predicted molar refractivity (Wildman–Crippen MR) is 76.4 cm³/mol. The van der Waals surface area contributed by atoms with Gasteiger partial charge < -0.3 is 5.32 Å². The molecule has 2 aromatic carbocycles. The second-order valence-electron chi connectivity index (χ2n) is 4.41. The molecule has 2 nitrogen and oxygen atoms in total. The fraction of sp³-hybridized carbons (Fsp3) is 0.133. The molecule has 0 aromatic heterocycles. The fourth-order valence-electron chi connectivity index (χ4n) is 1.74. The molecule has 5 heteroatoms. The second-order valence-corrected chi connectivity index (χ2v) is 5.33. The highest BCUT2D eigenvalue weighted by Gasteiger charge is 2.17. The largest absolute Gasteiger partial charge is 0.348 e. The van der Waals surface area contributed by atoms with Gasteiger partial charge in [-0.2, -0.15) is 0 Å². The topological polar surface area (TPSA) is 29.1 Å². The first-order valence-electron chi connectivity index (χ1n) is 5.95. The smallest absolute Gasteiger partial charge is 0.257 e. The molecule has 0 spiro atoms. The number of hydrogen-bond acceptors (Lipinski definition) is 1. The van der Waals surface area contributed by atoms with Gasteiger partial charge >= 0.3 is 0 Å². The van der Waals surface area contributed by atoms with Gasteiger partial charge in [0.05, 0.1) is 0 Å². The lowest BCUT2D eigenvalue weighted by Crippen LogP contribution is -2.25. The zero-order valence-corrected chi connectivity index (χ0v) is 12.3. The van der Waals surface area contributed by atoms with Crippen LogP contribution in [0.3, 0.4) is 0 Å². The lowest BCUT2D eigenvalue weighted by atomic mass is 10.1. The number of amides is 1. The number of hydrogen-bond donors (Lipinski definition) is 1. The summed E-state index contributed by atoms with van der Waals surface area (Å²) in [4.78, 5) is 11.8. The van der Waals surface area contributed by atoms with Gasteiger partial charge in [-0.3, -0.25) is 4.79 Å². The molecule has 2 rings (SSSR count). The maximum absolute atomic E-state index is 13.6. The third-order valence-corrected chi connectivity index (χ3v) is 3.27. The van der Waals surface area contributed by atoms with Crippen LogP contribution in [0.15, 0.2) is 40.9 Å². The van der Waals surface area contributed by atoms with Crippen LogP contribution in [0, 0.1) is 18.6 Å². The second kappa shape index (κ2) is 6.13. The minimum Gasteiger partial charge on any atom is -0.348 e. The average Bonchev–Trinajstić information content (AvgIpc) is 2.37. The van der Waals surface area contributed by atoms with Crippen LogP contribution in [-0.4, -0.2) is 5.91 Å². The Morgan fingerprint density at radius 3 is 2.25 bits per heavy atom. The van der Waals surface area contributed by atoms with Gasteiger partial charge in [0.15, 0.2) is 0 Å². The molecule has 0 aliphatic rings. The van der Waals surface area contributed by atoms with E-state index in [1.807, 2.05) is 31.2 Å². The number of nitrogens with one attached hydrogen (secondary N) is 1. The van der Waals surface area contributed by atoms with Crippen LogP contribution in [0.5, 0.6) is 0 Å². The third kappa shape index (κ3) is 3.42. The van der Waals surface area contributed by atoms with E-state index >= 15 is 0 Å². The zero-order chi connectivity index (χ0) is 14.7. The Morgan fingerprint density at radius 2 is 1.70 bits per heavy atom. The predicted octanol–water partition coefficient (Wildman–Crippen LogP) is 3.97. The van der Waals surface area contributed by atoms with Crippen molar-refractivity contribution in [1.82, 2.24) is 5.32 Å². The Bertz CT molecular complexity index is 618. The number of aryl methyl sites for hydroxylation is 1. The highest BCUT2D eigenvalue weighted by molar-refractivity contribution is 9.10. The van der Waals surface area contributed by atoms with Crippen molar-refractivity contribution < 1.29 is 13.6 Å². The van der Waals surface area contributed by atoms with E-state index in [1.54, 1.807) is 0 Å². The first kappa shape index (κ1) is 14.7. The number of carbonyl (C=O) groups is 1. The monoisotopic (exact) mass is 339 g/mol. The van der Waals surface area contributed by atoms with Crippen LogP contribution >= 0.6 is 15.9 Å². The standard InChI is InChI=1S/C15H12BrF2NO/c1-9-2-4-10(5-3-9)8-19-15(20)14-12(17)6-11(16)7-13(14)18/h2-7H,8H2,1H3,(H,19,20). The van der Waals surface area contributed by atoms with Crippen molar-refractivity contribution in [2.24, 2.45) is 0 Å². The molecule has 0 unspecified atom stereocenters. The van der Waals surface area contributed by atoms with Crippen LogP contribution < -0.4 is 5.32 Å². The van der Waals surface area contributed by atoms with Gasteiger partial charge in [0.2, 0.25) is 0 Å². The lowest BCUT2D eigenvalue weighted by molar-refractivity contribution is 0.0942. The molecule has 0 atom stereocenters. The molecule has 0 aliphatic carbocycles. The van der Waals surface area contributed by atoms with Gasteiger partial charge in [-0.25, -0.2) is 8.78 Å². The molecule has 0 saturated heterocycles. The Labute approximate surface area is 123 Å². The van der Waals surface area contributed by atoms with Gasteiger partial charge in [-0.05, 0) is 24.6 Å². The Morgan fingerprint density at radius 1 is 1.15 bits per heavy atom. The maximum atomic E-state index is 13.6. The van der Waals surface area contributed by atoms with E-state index in [2.05, 4.69) is 21.2 Å². The molecular formula is C15H12BrF2NO. The van der Waals surface area contributed by atoms with E-state index in [-0.39, 0.29) is 11.0 Å². The number of carbonyl (C=O) groups excluding carboxylic acids is 1. The number of halogens is 3. The minimum absolute atomic E-state index is 0.216. The molecule has 0 heterocycles. The molecule has 0 radical (unpaired) electrons. The van der Waals surface area contributed by atoms with Crippen molar-refractivity contribution in [3.63, 3.8) is 0 Å². The minimum atomic E-state index is -0.890. The summed E-state index contributed by atoms with van der Waals surface area (Å²) in [7, 11) is 0. The molecule has 104 valence electrons. The SMILES string of the molecule is Cc1ccc(CNC(=O)c2c(F)cc(Br)cc2F)cc1. The van der Waals surface area contributed by atoms with Crippen molar-refractivity contribution >= 4 is 21.8 Å². The van der Waals surface area contributed by atoms with Gasteiger partial charge in [0.1, 0.15) is 17.2 Å². The first-order valence-corrected chi connectivity index (χ1v) is 6.75. The molecule has 0 saturated carbocycles. The Balaban J connectivity index is 2.11. The summed E-state index contributed by atoms with van der Waals surface area (Å²) in [6.45, 7) is 2.17. The van der Waals surface area contributed by atoms with Crippen molar-refractivity contribution in [2.75, 3.05) is 0 Å². The molecular weight excluding hydrogens is 328 g/mol. The highest BCUT2D eigenvalue weighted by Crippen LogP contribution is 2.19. The van der Waals surface area contributed by atoms with Gasteiger partial charge in [-0.15, -0.1) is 0 Å². The molecule has 0 aliphatic heterocycles. The van der Waals surface area contributed by atoms with Crippen molar-refractivity contribution in [1.29, 1.82) is 0 Å².